The van der Waals surface area contributed by atoms with Crippen LogP contribution in [0.15, 0.2) is 54.6 Å². The van der Waals surface area contributed by atoms with Gasteiger partial charge in [0.25, 0.3) is 0 Å². The predicted molar refractivity (Wildman–Crippen MR) is 84.4 cm³/mol. The summed E-state index contributed by atoms with van der Waals surface area (Å²) < 4.78 is 11.5. The summed E-state index contributed by atoms with van der Waals surface area (Å²) in [5, 5.41) is 2.84. The first-order chi connectivity index (χ1) is 10.7. The van der Waals surface area contributed by atoms with E-state index in [0.717, 1.165) is 17.2 Å². The van der Waals surface area contributed by atoms with Crippen LogP contribution in [0, 0.1) is 0 Å². The molecule has 2 aromatic rings. The van der Waals surface area contributed by atoms with Crippen LogP contribution in [0.25, 0.3) is 0 Å². The minimum atomic E-state index is -0.179. The number of nitrogens with one attached hydrogen (secondary N) is 1. The van der Waals surface area contributed by atoms with E-state index < -0.39 is 0 Å². The van der Waals surface area contributed by atoms with E-state index in [1.165, 1.54) is 0 Å². The van der Waals surface area contributed by atoms with E-state index in [9.17, 15) is 4.79 Å². The maximum Gasteiger partial charge on any atom is 0.321 e. The molecule has 0 bridgehead atoms. The van der Waals surface area contributed by atoms with Gasteiger partial charge in [-0.15, -0.1) is 0 Å². The Balaban J connectivity index is 1.56. The van der Waals surface area contributed by atoms with E-state index in [0.29, 0.717) is 13.2 Å². The van der Waals surface area contributed by atoms with Crippen LogP contribution in [-0.2, 0) is 0 Å². The van der Waals surface area contributed by atoms with Crippen molar-refractivity contribution in [2.24, 2.45) is 0 Å². The van der Waals surface area contributed by atoms with Crippen molar-refractivity contribution in [3.8, 4) is 11.5 Å². The third kappa shape index (κ3) is 3.31. The molecule has 1 atom stereocenters. The summed E-state index contributed by atoms with van der Waals surface area (Å²) in [4.78, 5) is 13.7. The Morgan fingerprint density at radius 2 is 1.82 bits per heavy atom. The lowest BCUT2D eigenvalue weighted by Gasteiger charge is -2.29. The third-order valence-corrected chi connectivity index (χ3v) is 3.42. The highest BCUT2D eigenvalue weighted by molar-refractivity contribution is 5.89. The third-order valence-electron chi connectivity index (χ3n) is 3.42. The van der Waals surface area contributed by atoms with E-state index in [4.69, 9.17) is 9.47 Å². The Labute approximate surface area is 129 Å². The van der Waals surface area contributed by atoms with Crippen molar-refractivity contribution >= 4 is 11.7 Å². The lowest BCUT2D eigenvalue weighted by atomic mass is 10.2. The Bertz CT molecular complexity index is 645. The number of para-hydroxylation sites is 3. The summed E-state index contributed by atoms with van der Waals surface area (Å²) in [6.07, 6.45) is -0.179. The second kappa shape index (κ2) is 6.39. The lowest BCUT2D eigenvalue weighted by Crippen LogP contribution is -2.43. The number of fused-ring (bicyclic) bond motifs is 1. The Morgan fingerprint density at radius 3 is 2.59 bits per heavy atom. The van der Waals surface area contributed by atoms with Gasteiger partial charge in [0.1, 0.15) is 6.61 Å². The van der Waals surface area contributed by atoms with Crippen LogP contribution >= 0.6 is 0 Å². The van der Waals surface area contributed by atoms with Gasteiger partial charge in [0.2, 0.25) is 0 Å². The summed E-state index contributed by atoms with van der Waals surface area (Å²) in [5.41, 5.74) is 0.769. The van der Waals surface area contributed by atoms with Crippen molar-refractivity contribution < 1.29 is 14.3 Å². The minimum absolute atomic E-state index is 0.173. The van der Waals surface area contributed by atoms with Gasteiger partial charge in [-0.1, -0.05) is 30.3 Å². The van der Waals surface area contributed by atoms with Crippen LogP contribution in [0.2, 0.25) is 0 Å². The van der Waals surface area contributed by atoms with Crippen LogP contribution in [0.5, 0.6) is 11.5 Å². The SMILES string of the molecule is CN(C[C@@H]1COc2ccccc2O1)C(=O)Nc1ccccc1. The number of carbonyl (C=O) groups excluding carboxylic acids is 1. The van der Waals surface area contributed by atoms with Gasteiger partial charge >= 0.3 is 6.03 Å². The molecule has 0 unspecified atom stereocenters. The zero-order chi connectivity index (χ0) is 15.4. The molecule has 3 rings (SSSR count). The first-order valence-electron chi connectivity index (χ1n) is 7.18. The fraction of sp³-hybridized carbons (Fsp3) is 0.235. The van der Waals surface area contributed by atoms with Crippen LogP contribution in [-0.4, -0.2) is 37.2 Å². The molecule has 0 saturated carbocycles. The molecular formula is C17H18N2O3. The van der Waals surface area contributed by atoms with Gasteiger partial charge < -0.3 is 19.7 Å². The van der Waals surface area contributed by atoms with Crippen molar-refractivity contribution in [3.63, 3.8) is 0 Å². The molecule has 5 heteroatoms. The highest BCUT2D eigenvalue weighted by Gasteiger charge is 2.23. The van der Waals surface area contributed by atoms with E-state index in [1.807, 2.05) is 54.6 Å². The lowest BCUT2D eigenvalue weighted by molar-refractivity contribution is 0.0731. The molecule has 1 N–H and O–H groups in total. The number of benzene rings is 2. The number of ether oxygens (including phenoxy) is 2. The molecule has 2 amide bonds. The Kier molecular flexibility index (Phi) is 4.14. The molecular weight excluding hydrogens is 280 g/mol. The number of amides is 2. The quantitative estimate of drug-likeness (QED) is 0.947. The molecule has 1 aliphatic rings. The Morgan fingerprint density at radius 1 is 1.14 bits per heavy atom. The van der Waals surface area contributed by atoms with Crippen LogP contribution < -0.4 is 14.8 Å². The first kappa shape index (κ1) is 14.3. The second-order valence-electron chi connectivity index (χ2n) is 5.17. The standard InChI is InChI=1S/C17H18N2O3/c1-19(17(20)18-13-7-3-2-4-8-13)11-14-12-21-15-9-5-6-10-16(15)22-14/h2-10,14H,11-12H2,1H3,(H,18,20)/t14-/m1/s1. The van der Waals surface area contributed by atoms with E-state index in [2.05, 4.69) is 5.32 Å². The van der Waals surface area contributed by atoms with Crippen molar-refractivity contribution in [1.29, 1.82) is 0 Å². The monoisotopic (exact) mass is 298 g/mol. The van der Waals surface area contributed by atoms with Crippen LogP contribution in [0.4, 0.5) is 10.5 Å². The Hall–Kier alpha value is -2.69. The highest BCUT2D eigenvalue weighted by Crippen LogP contribution is 2.30. The molecule has 1 aliphatic heterocycles. The number of urea groups is 1. The second-order valence-corrected chi connectivity index (χ2v) is 5.17. The van der Waals surface area contributed by atoms with E-state index >= 15 is 0 Å². The normalized spacial score (nSPS) is 16.0. The van der Waals surface area contributed by atoms with E-state index in [-0.39, 0.29) is 12.1 Å². The number of likely N-dealkylation sites (N-methyl/N-ethyl adjacent to an activating group) is 1. The fourth-order valence-corrected chi connectivity index (χ4v) is 2.28. The minimum Gasteiger partial charge on any atom is -0.486 e. The topological polar surface area (TPSA) is 50.8 Å². The largest absolute Gasteiger partial charge is 0.486 e. The molecule has 22 heavy (non-hydrogen) atoms. The zero-order valence-electron chi connectivity index (χ0n) is 12.4. The van der Waals surface area contributed by atoms with Gasteiger partial charge in [-0.3, -0.25) is 0 Å². The average molecular weight is 298 g/mol. The maximum absolute atomic E-state index is 12.2. The van der Waals surface area contributed by atoms with E-state index in [1.54, 1.807) is 11.9 Å². The summed E-state index contributed by atoms with van der Waals surface area (Å²) in [7, 11) is 1.74. The van der Waals surface area contributed by atoms with Gasteiger partial charge in [0.15, 0.2) is 17.6 Å². The zero-order valence-corrected chi connectivity index (χ0v) is 12.4. The number of rotatable bonds is 3. The van der Waals surface area contributed by atoms with Crippen LogP contribution in [0.1, 0.15) is 0 Å². The number of nitrogens with zero attached hydrogens (tertiary/aromatic N) is 1. The summed E-state index contributed by atoms with van der Waals surface area (Å²) in [6, 6.07) is 16.7. The molecule has 0 spiro atoms. The van der Waals surface area contributed by atoms with Gasteiger partial charge in [-0.2, -0.15) is 0 Å². The molecule has 2 aromatic carbocycles. The molecule has 1 heterocycles. The number of hydrogen-bond acceptors (Lipinski definition) is 3. The van der Waals surface area contributed by atoms with Gasteiger partial charge in [-0.25, -0.2) is 4.79 Å². The average Bonchev–Trinajstić information content (AvgIpc) is 2.55. The smallest absolute Gasteiger partial charge is 0.321 e. The molecule has 0 fully saturated rings. The molecule has 0 aromatic heterocycles. The van der Waals surface area contributed by atoms with Crippen molar-refractivity contribution in [2.75, 3.05) is 25.5 Å². The van der Waals surface area contributed by atoms with Crippen LogP contribution in [0.3, 0.4) is 0 Å². The number of carbonyl (C=O) groups is 1. The predicted octanol–water partition coefficient (Wildman–Crippen LogP) is 2.99. The van der Waals surface area contributed by atoms with Crippen molar-refractivity contribution in [1.82, 2.24) is 4.90 Å². The van der Waals surface area contributed by atoms with Crippen molar-refractivity contribution in [2.45, 2.75) is 6.10 Å². The van der Waals surface area contributed by atoms with Gasteiger partial charge in [0, 0.05) is 12.7 Å². The van der Waals surface area contributed by atoms with Gasteiger partial charge in [0.05, 0.1) is 6.54 Å². The molecule has 5 nitrogen and oxygen atoms in total. The number of anilines is 1. The summed E-state index contributed by atoms with van der Waals surface area (Å²) in [5.74, 6) is 1.46. The highest BCUT2D eigenvalue weighted by atomic mass is 16.6. The fourth-order valence-electron chi connectivity index (χ4n) is 2.28. The first-order valence-corrected chi connectivity index (χ1v) is 7.18. The number of hydrogen-bond donors (Lipinski definition) is 1. The van der Waals surface area contributed by atoms with Gasteiger partial charge in [-0.05, 0) is 24.3 Å². The molecule has 0 aliphatic carbocycles. The molecule has 114 valence electrons. The summed E-state index contributed by atoms with van der Waals surface area (Å²) in [6.45, 7) is 0.882. The maximum atomic E-state index is 12.2. The summed E-state index contributed by atoms with van der Waals surface area (Å²) >= 11 is 0. The molecule has 0 saturated heterocycles. The molecule has 0 radical (unpaired) electrons. The van der Waals surface area contributed by atoms with Crippen molar-refractivity contribution in [3.05, 3.63) is 54.6 Å².